The minimum Gasteiger partial charge on any atom is -0.343 e. The second-order valence-corrected chi connectivity index (χ2v) is 13.4. The molecule has 236 valence electrons. The highest BCUT2D eigenvalue weighted by molar-refractivity contribution is 6.16. The molecule has 0 spiro atoms. The highest BCUT2D eigenvalue weighted by Gasteiger charge is 2.28. The van der Waals surface area contributed by atoms with Crippen LogP contribution in [0.25, 0.3) is 44.1 Å². The van der Waals surface area contributed by atoms with E-state index in [4.69, 9.17) is 9.98 Å². The molecule has 49 heavy (non-hydrogen) atoms. The lowest BCUT2D eigenvalue weighted by atomic mass is 9.83. The van der Waals surface area contributed by atoms with Crippen LogP contribution in [0.1, 0.15) is 36.1 Å². The van der Waals surface area contributed by atoms with E-state index in [-0.39, 0.29) is 12.0 Å². The third-order valence-electron chi connectivity index (χ3n) is 10.3. The van der Waals surface area contributed by atoms with Crippen molar-refractivity contribution in [2.45, 2.75) is 25.3 Å². The molecule has 2 heterocycles. The zero-order chi connectivity index (χ0) is 32.7. The highest BCUT2D eigenvalue weighted by Crippen LogP contribution is 2.39. The van der Waals surface area contributed by atoms with E-state index in [1.165, 1.54) is 44.0 Å². The first-order valence-corrected chi connectivity index (χ1v) is 17.4. The molecule has 1 aromatic heterocycles. The van der Waals surface area contributed by atoms with E-state index in [2.05, 4.69) is 176 Å². The summed E-state index contributed by atoms with van der Waals surface area (Å²) in [5, 5.41) is 7.41. The minimum atomic E-state index is 0.00338. The van der Waals surface area contributed by atoms with Crippen LogP contribution in [-0.4, -0.2) is 16.9 Å². The van der Waals surface area contributed by atoms with Gasteiger partial charge in [-0.1, -0.05) is 165 Å². The van der Waals surface area contributed by atoms with Gasteiger partial charge < -0.3 is 5.32 Å². The predicted molar refractivity (Wildman–Crippen MR) is 206 cm³/mol. The van der Waals surface area contributed by atoms with Crippen LogP contribution in [0.5, 0.6) is 0 Å². The van der Waals surface area contributed by atoms with Crippen LogP contribution in [0.4, 0.5) is 0 Å². The van der Waals surface area contributed by atoms with E-state index in [1.54, 1.807) is 0 Å². The largest absolute Gasteiger partial charge is 0.343 e. The molecule has 0 fully saturated rings. The van der Waals surface area contributed by atoms with Crippen molar-refractivity contribution in [3.8, 4) is 11.1 Å². The molecule has 1 aliphatic heterocycles. The van der Waals surface area contributed by atoms with Crippen molar-refractivity contribution in [2.75, 3.05) is 0 Å². The number of allylic oxidation sites excluding steroid dienone is 9. The maximum atomic E-state index is 5.25. The summed E-state index contributed by atoms with van der Waals surface area (Å²) in [6.07, 6.45) is 25.3. The molecular weight excluding hydrogens is 595 g/mol. The van der Waals surface area contributed by atoms with Crippen molar-refractivity contribution in [3.05, 3.63) is 186 Å². The lowest BCUT2D eigenvalue weighted by molar-refractivity contribution is 0.635. The zero-order valence-electron chi connectivity index (χ0n) is 27.5. The van der Waals surface area contributed by atoms with E-state index in [0.717, 1.165) is 34.7 Å². The number of hydrogen-bond acceptors (Lipinski definition) is 3. The molecule has 0 amide bonds. The summed E-state index contributed by atoms with van der Waals surface area (Å²) in [4.78, 5) is 10.5. The van der Waals surface area contributed by atoms with E-state index in [0.29, 0.717) is 11.8 Å². The number of nitrogens with one attached hydrogen (secondary N) is 1. The summed E-state index contributed by atoms with van der Waals surface area (Å²) in [5.41, 5.74) is 10.5. The number of nitrogens with zero attached hydrogens (tertiary/aromatic N) is 2. The van der Waals surface area contributed by atoms with Gasteiger partial charge in [-0.2, -0.15) is 0 Å². The third kappa shape index (κ3) is 5.32. The SMILES string of the molecule is CC1C=CC=CC1c1ccc(C2=C3C=CC=CC3N=C(C3C=CC(c4nc5ccccc5c5c(-c6ccccc6)cccc45)=CC3)N2)cc1. The van der Waals surface area contributed by atoms with Crippen LogP contribution in [-0.2, 0) is 0 Å². The van der Waals surface area contributed by atoms with Crippen LogP contribution in [0.15, 0.2) is 174 Å². The number of aromatic nitrogens is 1. The van der Waals surface area contributed by atoms with Crippen LogP contribution < -0.4 is 5.32 Å². The summed E-state index contributed by atoms with van der Waals surface area (Å²) in [6.45, 7) is 2.29. The van der Waals surface area contributed by atoms with Crippen LogP contribution in [0.2, 0.25) is 0 Å². The van der Waals surface area contributed by atoms with Crippen LogP contribution in [0.3, 0.4) is 0 Å². The molecule has 3 heteroatoms. The van der Waals surface area contributed by atoms with Gasteiger partial charge in [-0.05, 0) is 46.2 Å². The summed E-state index contributed by atoms with van der Waals surface area (Å²) in [7, 11) is 0. The molecule has 0 radical (unpaired) electrons. The Kier molecular flexibility index (Phi) is 7.39. The van der Waals surface area contributed by atoms with Gasteiger partial charge in [0.05, 0.1) is 22.9 Å². The van der Waals surface area contributed by atoms with Crippen LogP contribution >= 0.6 is 0 Å². The Morgan fingerprint density at radius 3 is 2.31 bits per heavy atom. The topological polar surface area (TPSA) is 37.3 Å². The Hall–Kier alpha value is -5.80. The number of rotatable bonds is 5. The number of hydrogen-bond donors (Lipinski definition) is 1. The molecule has 0 saturated carbocycles. The Morgan fingerprint density at radius 2 is 1.47 bits per heavy atom. The Bertz CT molecular complexity index is 2350. The fourth-order valence-electron chi connectivity index (χ4n) is 7.77. The molecule has 0 bridgehead atoms. The van der Waals surface area contributed by atoms with Crippen LogP contribution in [0, 0.1) is 11.8 Å². The smallest absolute Gasteiger partial charge is 0.109 e. The molecule has 0 saturated heterocycles. The number of benzene rings is 4. The predicted octanol–water partition coefficient (Wildman–Crippen LogP) is 10.8. The van der Waals surface area contributed by atoms with Gasteiger partial charge in [0, 0.05) is 33.6 Å². The van der Waals surface area contributed by atoms with Gasteiger partial charge in [0.1, 0.15) is 5.84 Å². The van der Waals surface area contributed by atoms with Gasteiger partial charge in [-0.3, -0.25) is 4.99 Å². The van der Waals surface area contributed by atoms with Gasteiger partial charge in [-0.15, -0.1) is 0 Å². The molecule has 3 aliphatic carbocycles. The van der Waals surface area contributed by atoms with Gasteiger partial charge in [-0.25, -0.2) is 4.98 Å². The average molecular weight is 632 g/mol. The minimum absolute atomic E-state index is 0.00338. The molecule has 5 aromatic rings. The summed E-state index contributed by atoms with van der Waals surface area (Å²) in [6, 6.07) is 34.9. The summed E-state index contributed by atoms with van der Waals surface area (Å²) < 4.78 is 0. The molecule has 4 aromatic carbocycles. The number of para-hydroxylation sites is 1. The molecule has 9 rings (SSSR count). The van der Waals surface area contributed by atoms with Crippen molar-refractivity contribution in [1.82, 2.24) is 10.3 Å². The van der Waals surface area contributed by atoms with Gasteiger partial charge in [0.2, 0.25) is 0 Å². The van der Waals surface area contributed by atoms with Crippen molar-refractivity contribution in [1.29, 1.82) is 0 Å². The number of pyridine rings is 1. The number of amidine groups is 1. The number of aliphatic imine (C=N–C) groups is 1. The van der Waals surface area contributed by atoms with E-state index >= 15 is 0 Å². The Balaban J connectivity index is 1.03. The molecular formula is C46H37N3. The Morgan fingerprint density at radius 1 is 0.673 bits per heavy atom. The average Bonchev–Trinajstić information content (AvgIpc) is 3.17. The van der Waals surface area contributed by atoms with Crippen molar-refractivity contribution in [2.24, 2.45) is 16.8 Å². The Labute approximate surface area is 287 Å². The quantitative estimate of drug-likeness (QED) is 0.196. The van der Waals surface area contributed by atoms with E-state index in [9.17, 15) is 0 Å². The maximum Gasteiger partial charge on any atom is 0.109 e. The fraction of sp³-hybridized carbons (Fsp3) is 0.130. The zero-order valence-corrected chi connectivity index (χ0v) is 27.5. The first-order chi connectivity index (χ1) is 24.2. The summed E-state index contributed by atoms with van der Waals surface area (Å²) in [5.74, 6) is 2.05. The monoisotopic (exact) mass is 631 g/mol. The second-order valence-electron chi connectivity index (χ2n) is 13.4. The molecule has 4 unspecified atom stereocenters. The van der Waals surface area contributed by atoms with Crippen molar-refractivity contribution >= 4 is 38.8 Å². The molecule has 4 atom stereocenters. The maximum absolute atomic E-state index is 5.25. The first-order valence-electron chi connectivity index (χ1n) is 17.4. The standard InChI is InChI=1S/C46H37N3/c1-30-12-5-6-15-36(30)32-22-24-33(25-23-32)44-39-17-8-10-21-42(39)48-46(49-44)35-28-26-34(27-29-35)45-40-19-11-18-37(31-13-3-2-4-14-31)43(40)38-16-7-9-20-41(38)47-45/h2-28,30,35-36,42H,29H2,1H3,(H,48,49). The van der Waals surface area contributed by atoms with Gasteiger partial charge in [0.15, 0.2) is 0 Å². The molecule has 3 nitrogen and oxygen atoms in total. The van der Waals surface area contributed by atoms with Gasteiger partial charge in [0.25, 0.3) is 0 Å². The number of fused-ring (bicyclic) bond motifs is 4. The van der Waals surface area contributed by atoms with Crippen molar-refractivity contribution < 1.29 is 0 Å². The summed E-state index contributed by atoms with van der Waals surface area (Å²) >= 11 is 0. The lowest BCUT2D eigenvalue weighted by Crippen LogP contribution is -2.36. The highest BCUT2D eigenvalue weighted by atomic mass is 15.1. The lowest BCUT2D eigenvalue weighted by Gasteiger charge is -2.30. The van der Waals surface area contributed by atoms with E-state index < -0.39 is 0 Å². The molecule has 4 aliphatic rings. The normalized spacial score (nSPS) is 22.6. The van der Waals surface area contributed by atoms with E-state index in [1.807, 2.05) is 0 Å². The molecule has 1 N–H and O–H groups in total. The van der Waals surface area contributed by atoms with Gasteiger partial charge >= 0.3 is 0 Å². The second kappa shape index (κ2) is 12.3. The fourth-order valence-corrected chi connectivity index (χ4v) is 7.77. The first kappa shape index (κ1) is 29.3. The van der Waals surface area contributed by atoms with Crippen molar-refractivity contribution in [3.63, 3.8) is 0 Å². The third-order valence-corrected chi connectivity index (χ3v) is 10.3.